The van der Waals surface area contributed by atoms with Gasteiger partial charge in [0.15, 0.2) is 0 Å². The van der Waals surface area contributed by atoms with Gasteiger partial charge in [-0.1, -0.05) is 25.1 Å². The molecule has 1 rings (SSSR count). The molecule has 0 spiro atoms. The zero-order chi connectivity index (χ0) is 15.1. The number of hydrogen-bond acceptors (Lipinski definition) is 3. The number of nitrogens with zero attached hydrogens (tertiary/aromatic N) is 1. The van der Waals surface area contributed by atoms with Crippen LogP contribution >= 0.6 is 0 Å². The molecule has 20 heavy (non-hydrogen) atoms. The summed E-state index contributed by atoms with van der Waals surface area (Å²) in [7, 11) is 1.66. The van der Waals surface area contributed by atoms with Gasteiger partial charge in [0, 0.05) is 38.4 Å². The van der Waals surface area contributed by atoms with E-state index >= 15 is 0 Å². The second-order valence-corrected chi connectivity index (χ2v) is 5.58. The Labute approximate surface area is 121 Å². The van der Waals surface area contributed by atoms with Crippen LogP contribution < -0.4 is 5.73 Å². The quantitative estimate of drug-likeness (QED) is 0.780. The van der Waals surface area contributed by atoms with E-state index in [0.717, 1.165) is 11.3 Å². The number of methoxy groups -OCH3 is 1. The summed E-state index contributed by atoms with van der Waals surface area (Å²) in [5.41, 5.74) is 7.69. The summed E-state index contributed by atoms with van der Waals surface area (Å²) in [4.78, 5) is 14.3. The van der Waals surface area contributed by atoms with E-state index in [9.17, 15) is 4.79 Å². The van der Waals surface area contributed by atoms with Crippen LogP contribution in [-0.2, 0) is 16.1 Å². The Kier molecular flexibility index (Phi) is 6.52. The van der Waals surface area contributed by atoms with Crippen molar-refractivity contribution in [2.75, 3.05) is 19.5 Å². The molecule has 1 amide bonds. The fraction of sp³-hybridized carbons (Fsp3) is 0.562. The minimum Gasteiger partial charge on any atom is -0.398 e. The predicted octanol–water partition coefficient (Wildman–Crippen LogP) is 2.68. The highest BCUT2D eigenvalue weighted by atomic mass is 16.5. The van der Waals surface area contributed by atoms with Crippen LogP contribution in [0.15, 0.2) is 24.3 Å². The Morgan fingerprint density at radius 3 is 2.50 bits per heavy atom. The van der Waals surface area contributed by atoms with Crippen molar-refractivity contribution < 1.29 is 9.53 Å². The first kappa shape index (κ1) is 16.5. The molecule has 4 nitrogen and oxygen atoms in total. The van der Waals surface area contributed by atoms with Gasteiger partial charge in [-0.25, -0.2) is 0 Å². The van der Waals surface area contributed by atoms with Gasteiger partial charge >= 0.3 is 0 Å². The number of amides is 1. The Morgan fingerprint density at radius 1 is 1.30 bits per heavy atom. The van der Waals surface area contributed by atoms with E-state index in [1.165, 1.54) is 0 Å². The minimum absolute atomic E-state index is 0.146. The molecule has 0 aliphatic rings. The third-order valence-corrected chi connectivity index (χ3v) is 3.31. The number of carbonyl (C=O) groups excluding carboxylic acids is 1. The molecule has 0 fully saturated rings. The zero-order valence-corrected chi connectivity index (χ0v) is 12.9. The molecule has 0 heterocycles. The number of ether oxygens (including phenoxy) is 1. The third kappa shape index (κ3) is 4.85. The lowest BCUT2D eigenvalue weighted by atomic mass is 10.1. The number of carbonyl (C=O) groups is 1. The van der Waals surface area contributed by atoms with Gasteiger partial charge in [0.05, 0.1) is 0 Å². The summed E-state index contributed by atoms with van der Waals surface area (Å²) in [5, 5.41) is 0. The molecule has 0 saturated carbocycles. The molecule has 2 N–H and O–H groups in total. The molecule has 1 aromatic carbocycles. The van der Waals surface area contributed by atoms with Crippen molar-refractivity contribution in [1.29, 1.82) is 0 Å². The zero-order valence-electron chi connectivity index (χ0n) is 12.9. The largest absolute Gasteiger partial charge is 0.398 e. The smallest absolute Gasteiger partial charge is 0.223 e. The van der Waals surface area contributed by atoms with Crippen LogP contribution in [0, 0.1) is 5.92 Å². The summed E-state index contributed by atoms with van der Waals surface area (Å²) in [6.07, 6.45) is 0.499. The summed E-state index contributed by atoms with van der Waals surface area (Å²) in [6, 6.07) is 7.84. The fourth-order valence-corrected chi connectivity index (χ4v) is 2.18. The van der Waals surface area contributed by atoms with E-state index in [0.29, 0.717) is 19.6 Å². The molecule has 0 aliphatic carbocycles. The second kappa shape index (κ2) is 7.90. The van der Waals surface area contributed by atoms with Crippen molar-refractivity contribution in [3.8, 4) is 0 Å². The number of nitrogen functional groups attached to an aromatic ring is 1. The van der Waals surface area contributed by atoms with Gasteiger partial charge in [0.1, 0.15) is 0 Å². The van der Waals surface area contributed by atoms with Crippen LogP contribution in [0.3, 0.4) is 0 Å². The fourth-order valence-electron chi connectivity index (χ4n) is 2.18. The van der Waals surface area contributed by atoms with Gasteiger partial charge in [-0.05, 0) is 31.4 Å². The van der Waals surface area contributed by atoms with Gasteiger partial charge in [0.2, 0.25) is 5.91 Å². The molecule has 1 unspecified atom stereocenters. The standard InChI is InChI=1S/C16H26N2O2/c1-12(2)18(16(19)9-13(3)11-20-4)10-14-7-5-6-8-15(14)17/h5-8,12-13H,9-11,17H2,1-4H3. The van der Waals surface area contributed by atoms with Crippen molar-refractivity contribution in [3.05, 3.63) is 29.8 Å². The van der Waals surface area contributed by atoms with Crippen molar-refractivity contribution >= 4 is 11.6 Å². The molecule has 0 aromatic heterocycles. The van der Waals surface area contributed by atoms with Gasteiger partial charge in [-0.2, -0.15) is 0 Å². The van der Waals surface area contributed by atoms with Crippen LogP contribution in [0.5, 0.6) is 0 Å². The molecular formula is C16H26N2O2. The van der Waals surface area contributed by atoms with E-state index in [-0.39, 0.29) is 17.9 Å². The Balaban J connectivity index is 2.74. The van der Waals surface area contributed by atoms with Crippen LogP contribution in [0.25, 0.3) is 0 Å². The van der Waals surface area contributed by atoms with Crippen molar-refractivity contribution in [2.45, 2.75) is 39.8 Å². The van der Waals surface area contributed by atoms with E-state index in [1.807, 2.05) is 49.9 Å². The first-order valence-electron chi connectivity index (χ1n) is 7.07. The SMILES string of the molecule is COCC(C)CC(=O)N(Cc1ccccc1N)C(C)C. The first-order chi connectivity index (χ1) is 9.45. The molecule has 0 radical (unpaired) electrons. The van der Waals surface area contributed by atoms with Crippen molar-refractivity contribution in [1.82, 2.24) is 4.90 Å². The van der Waals surface area contributed by atoms with Gasteiger partial charge in [-0.15, -0.1) is 0 Å². The molecular weight excluding hydrogens is 252 g/mol. The highest BCUT2D eigenvalue weighted by Gasteiger charge is 2.20. The van der Waals surface area contributed by atoms with E-state index in [2.05, 4.69) is 0 Å². The van der Waals surface area contributed by atoms with Crippen LogP contribution in [-0.4, -0.2) is 30.6 Å². The highest BCUT2D eigenvalue weighted by molar-refractivity contribution is 5.77. The highest BCUT2D eigenvalue weighted by Crippen LogP contribution is 2.17. The summed E-state index contributed by atoms with van der Waals surface area (Å²) < 4.78 is 5.09. The maximum atomic E-state index is 12.4. The van der Waals surface area contributed by atoms with Crippen molar-refractivity contribution in [3.63, 3.8) is 0 Å². The number of anilines is 1. The Morgan fingerprint density at radius 2 is 1.95 bits per heavy atom. The topological polar surface area (TPSA) is 55.6 Å². The number of rotatable bonds is 7. The molecule has 0 bridgehead atoms. The van der Waals surface area contributed by atoms with Crippen LogP contribution in [0.4, 0.5) is 5.69 Å². The molecule has 4 heteroatoms. The average Bonchev–Trinajstić information content (AvgIpc) is 2.37. The maximum Gasteiger partial charge on any atom is 0.223 e. The number of nitrogens with two attached hydrogens (primary N) is 1. The van der Waals surface area contributed by atoms with Gasteiger partial charge < -0.3 is 15.4 Å². The van der Waals surface area contributed by atoms with Gasteiger partial charge in [-0.3, -0.25) is 4.79 Å². The first-order valence-corrected chi connectivity index (χ1v) is 7.07. The lowest BCUT2D eigenvalue weighted by Gasteiger charge is -2.28. The minimum atomic E-state index is 0.146. The summed E-state index contributed by atoms with van der Waals surface area (Å²) in [6.45, 7) is 7.24. The normalized spacial score (nSPS) is 12.4. The molecule has 0 saturated heterocycles. The van der Waals surface area contributed by atoms with Gasteiger partial charge in [0.25, 0.3) is 0 Å². The Bertz CT molecular complexity index is 432. The van der Waals surface area contributed by atoms with E-state index < -0.39 is 0 Å². The molecule has 0 aliphatic heterocycles. The molecule has 1 aromatic rings. The van der Waals surface area contributed by atoms with Crippen molar-refractivity contribution in [2.24, 2.45) is 5.92 Å². The number of benzene rings is 1. The maximum absolute atomic E-state index is 12.4. The average molecular weight is 278 g/mol. The summed E-state index contributed by atoms with van der Waals surface area (Å²) >= 11 is 0. The van der Waals surface area contributed by atoms with Crippen LogP contribution in [0.1, 0.15) is 32.8 Å². The monoisotopic (exact) mass is 278 g/mol. The third-order valence-electron chi connectivity index (χ3n) is 3.31. The Hall–Kier alpha value is -1.55. The second-order valence-electron chi connectivity index (χ2n) is 5.58. The lowest BCUT2D eigenvalue weighted by Crippen LogP contribution is -2.37. The molecule has 112 valence electrons. The van der Waals surface area contributed by atoms with E-state index in [4.69, 9.17) is 10.5 Å². The van der Waals surface area contributed by atoms with E-state index in [1.54, 1.807) is 7.11 Å². The lowest BCUT2D eigenvalue weighted by molar-refractivity contribution is -0.134. The predicted molar refractivity (Wildman–Crippen MR) is 82.2 cm³/mol. The van der Waals surface area contributed by atoms with Crippen LogP contribution in [0.2, 0.25) is 0 Å². The molecule has 1 atom stereocenters. The number of para-hydroxylation sites is 1. The summed E-state index contributed by atoms with van der Waals surface area (Å²) in [5.74, 6) is 0.370. The number of hydrogen-bond donors (Lipinski definition) is 1.